The Kier molecular flexibility index (Phi) is 16.6. The lowest BCUT2D eigenvalue weighted by Gasteiger charge is -2.21. The van der Waals surface area contributed by atoms with Crippen molar-refractivity contribution in [1.29, 1.82) is 0 Å². The van der Waals surface area contributed by atoms with Gasteiger partial charge in [0.2, 0.25) is 5.91 Å². The smallest absolute Gasteiger partial charge is 0.322 e. The zero-order chi connectivity index (χ0) is 26.8. The zero-order valence-corrected chi connectivity index (χ0v) is 22.0. The lowest BCUT2D eigenvalue weighted by molar-refractivity contribution is -0.138. The van der Waals surface area contributed by atoms with Crippen LogP contribution in [0.1, 0.15) is 69.4 Å². The molecular weight excluding hydrogens is 480 g/mol. The van der Waals surface area contributed by atoms with Crippen LogP contribution in [0.15, 0.2) is 36.4 Å². The predicted molar refractivity (Wildman–Crippen MR) is 144 cm³/mol. The van der Waals surface area contributed by atoms with Crippen LogP contribution in [0, 0.1) is 0 Å². The number of benzene rings is 1. The number of amides is 1. The molecule has 9 heteroatoms. The quantitative estimate of drug-likeness (QED) is 0.129. The summed E-state index contributed by atoms with van der Waals surface area (Å²) in [7, 11) is 0. The third kappa shape index (κ3) is 14.3. The monoisotopic (exact) mass is 522 g/mol. The zero-order valence-electron chi connectivity index (χ0n) is 21.2. The minimum absolute atomic E-state index is 0.0269. The Bertz CT molecular complexity index is 832. The van der Waals surface area contributed by atoms with Gasteiger partial charge in [0, 0.05) is 17.4 Å². The van der Waals surface area contributed by atoms with E-state index in [4.69, 9.17) is 15.9 Å². The Morgan fingerprint density at radius 2 is 1.72 bits per heavy atom. The van der Waals surface area contributed by atoms with Crippen molar-refractivity contribution in [3.05, 3.63) is 47.5 Å². The summed E-state index contributed by atoms with van der Waals surface area (Å²) in [5.74, 6) is -2.45. The number of allylic oxidation sites excluding steroid dienone is 1. The molecule has 0 aromatic heterocycles. The van der Waals surface area contributed by atoms with E-state index in [2.05, 4.69) is 30.4 Å². The summed E-state index contributed by atoms with van der Waals surface area (Å²) < 4.78 is 0. The summed E-state index contributed by atoms with van der Waals surface area (Å²) in [6, 6.07) is 7.41. The van der Waals surface area contributed by atoms with Crippen molar-refractivity contribution in [3.8, 4) is 0 Å². The number of carboxylic acid groups (broad SMARTS) is 2. The maximum absolute atomic E-state index is 12.0. The van der Waals surface area contributed by atoms with Crippen molar-refractivity contribution in [2.75, 3.05) is 12.3 Å². The predicted octanol–water partition coefficient (Wildman–Crippen LogP) is 3.54. The molecule has 0 fully saturated rings. The van der Waals surface area contributed by atoms with Crippen LogP contribution in [0.4, 0.5) is 0 Å². The topological polar surface area (TPSA) is 150 Å². The van der Waals surface area contributed by atoms with Gasteiger partial charge in [-0.15, -0.1) is 11.8 Å². The van der Waals surface area contributed by atoms with Crippen LogP contribution in [0.25, 0.3) is 0 Å². The van der Waals surface area contributed by atoms with E-state index in [0.717, 1.165) is 12.8 Å². The Labute approximate surface area is 218 Å². The second-order valence-corrected chi connectivity index (χ2v) is 10.1. The van der Waals surface area contributed by atoms with E-state index >= 15 is 0 Å². The fourth-order valence-electron chi connectivity index (χ4n) is 3.75. The van der Waals surface area contributed by atoms with Gasteiger partial charge in [-0.25, -0.2) is 0 Å². The molecule has 1 amide bonds. The number of nitrogens with one attached hydrogen (secondary N) is 1. The first-order valence-electron chi connectivity index (χ1n) is 12.7. The Balaban J connectivity index is 2.76. The first kappa shape index (κ1) is 31.7. The fourth-order valence-corrected chi connectivity index (χ4v) is 4.92. The number of nitrogens with two attached hydrogens (primary N) is 1. The number of carbonyl (C=O) groups is 3. The van der Waals surface area contributed by atoms with E-state index in [0.29, 0.717) is 19.3 Å². The van der Waals surface area contributed by atoms with Crippen molar-refractivity contribution in [2.45, 2.75) is 88.5 Å². The SMILES string of the molecule is CCCCCCCc1ccccc1C/C=C/[C@H](SC[C@H](N)C(=O)NCC(=O)O)[C@H](O)CCCC(=O)O. The van der Waals surface area contributed by atoms with Crippen LogP contribution in [-0.2, 0) is 27.2 Å². The van der Waals surface area contributed by atoms with E-state index in [1.165, 1.54) is 48.6 Å². The van der Waals surface area contributed by atoms with Gasteiger partial charge in [-0.2, -0.15) is 0 Å². The highest BCUT2D eigenvalue weighted by molar-refractivity contribution is 8.00. The maximum Gasteiger partial charge on any atom is 0.322 e. The molecule has 0 aliphatic heterocycles. The summed E-state index contributed by atoms with van der Waals surface area (Å²) in [5.41, 5.74) is 8.45. The average molecular weight is 523 g/mol. The van der Waals surface area contributed by atoms with Crippen molar-refractivity contribution in [2.24, 2.45) is 5.73 Å². The minimum atomic E-state index is -1.15. The van der Waals surface area contributed by atoms with Crippen molar-refractivity contribution < 1.29 is 29.7 Å². The van der Waals surface area contributed by atoms with Gasteiger partial charge < -0.3 is 26.4 Å². The minimum Gasteiger partial charge on any atom is -0.481 e. The van der Waals surface area contributed by atoms with Gasteiger partial charge in [-0.05, 0) is 43.2 Å². The Hall–Kier alpha value is -2.36. The number of aliphatic hydroxyl groups is 1. The highest BCUT2D eigenvalue weighted by Gasteiger charge is 2.21. The lowest BCUT2D eigenvalue weighted by Crippen LogP contribution is -2.44. The first-order chi connectivity index (χ1) is 17.2. The molecular formula is C27H42N2O6S. The van der Waals surface area contributed by atoms with Crippen molar-refractivity contribution in [3.63, 3.8) is 0 Å². The number of aliphatic carboxylic acids is 2. The van der Waals surface area contributed by atoms with Gasteiger partial charge in [-0.1, -0.05) is 69.0 Å². The average Bonchev–Trinajstić information content (AvgIpc) is 2.84. The van der Waals surface area contributed by atoms with Gasteiger partial charge in [0.1, 0.15) is 6.54 Å². The molecule has 1 rings (SSSR count). The number of carboxylic acids is 2. The molecule has 0 aliphatic carbocycles. The molecule has 0 radical (unpaired) electrons. The highest BCUT2D eigenvalue weighted by atomic mass is 32.2. The van der Waals surface area contributed by atoms with Gasteiger partial charge in [0.25, 0.3) is 0 Å². The maximum atomic E-state index is 12.0. The second kappa shape index (κ2) is 18.8. The molecule has 0 saturated carbocycles. The van der Waals surface area contributed by atoms with E-state index in [1.54, 1.807) is 0 Å². The molecule has 0 bridgehead atoms. The molecule has 1 aromatic carbocycles. The van der Waals surface area contributed by atoms with Crippen LogP contribution in [-0.4, -0.2) is 62.9 Å². The first-order valence-corrected chi connectivity index (χ1v) is 13.8. The third-order valence-electron chi connectivity index (χ3n) is 5.82. The summed E-state index contributed by atoms with van der Waals surface area (Å²) in [5, 5.41) is 30.2. The molecule has 8 nitrogen and oxygen atoms in total. The number of hydrogen-bond donors (Lipinski definition) is 5. The molecule has 0 unspecified atom stereocenters. The molecule has 3 atom stereocenters. The van der Waals surface area contributed by atoms with Gasteiger partial charge in [0.05, 0.1) is 12.1 Å². The number of aryl methyl sites for hydroxylation is 1. The summed E-state index contributed by atoms with van der Waals surface area (Å²) in [6.45, 7) is 1.70. The Morgan fingerprint density at radius 1 is 1.03 bits per heavy atom. The molecule has 0 aliphatic rings. The number of aliphatic hydroxyl groups excluding tert-OH is 1. The molecule has 6 N–H and O–H groups in total. The van der Waals surface area contributed by atoms with Crippen LogP contribution < -0.4 is 11.1 Å². The third-order valence-corrected chi connectivity index (χ3v) is 7.23. The summed E-state index contributed by atoms with van der Waals surface area (Å²) in [6.07, 6.45) is 11.6. The standard InChI is InChI=1S/C27H42N2O6S/c1-2-3-4-5-6-11-20-12-7-8-13-21(20)14-9-16-24(23(30)15-10-17-25(31)32)36-19-22(28)27(35)29-18-26(33)34/h7-9,12-13,16,22-24,30H,2-6,10-11,14-15,17-19,28H2,1H3,(H,29,35)(H,31,32)(H,33,34)/b16-9+/t22-,23+,24-/m0/s1. The number of hydrogen-bond acceptors (Lipinski definition) is 6. The fraction of sp³-hybridized carbons (Fsp3) is 0.593. The molecule has 0 saturated heterocycles. The molecule has 36 heavy (non-hydrogen) atoms. The van der Waals surface area contributed by atoms with Gasteiger partial charge in [0.15, 0.2) is 0 Å². The molecule has 1 aromatic rings. The highest BCUT2D eigenvalue weighted by Crippen LogP contribution is 2.22. The van der Waals surface area contributed by atoms with E-state index < -0.39 is 36.5 Å². The number of unbranched alkanes of at least 4 members (excludes halogenated alkanes) is 4. The van der Waals surface area contributed by atoms with Crippen molar-refractivity contribution >= 4 is 29.6 Å². The van der Waals surface area contributed by atoms with Crippen LogP contribution in [0.3, 0.4) is 0 Å². The van der Waals surface area contributed by atoms with Crippen LogP contribution in [0.2, 0.25) is 0 Å². The summed E-state index contributed by atoms with van der Waals surface area (Å²) >= 11 is 1.30. The van der Waals surface area contributed by atoms with Crippen molar-refractivity contribution in [1.82, 2.24) is 5.32 Å². The van der Waals surface area contributed by atoms with E-state index in [-0.39, 0.29) is 17.4 Å². The van der Waals surface area contributed by atoms with Gasteiger partial charge >= 0.3 is 11.9 Å². The summed E-state index contributed by atoms with van der Waals surface area (Å²) in [4.78, 5) is 33.5. The van der Waals surface area contributed by atoms with Crippen LogP contribution >= 0.6 is 11.8 Å². The molecule has 0 spiro atoms. The van der Waals surface area contributed by atoms with Crippen LogP contribution in [0.5, 0.6) is 0 Å². The lowest BCUT2D eigenvalue weighted by atomic mass is 9.98. The number of rotatable bonds is 20. The van der Waals surface area contributed by atoms with E-state index in [9.17, 15) is 19.5 Å². The molecule has 202 valence electrons. The number of carbonyl (C=O) groups excluding carboxylic acids is 1. The second-order valence-electron chi connectivity index (χ2n) is 8.93. The molecule has 0 heterocycles. The van der Waals surface area contributed by atoms with E-state index in [1.807, 2.05) is 18.2 Å². The Morgan fingerprint density at radius 3 is 2.39 bits per heavy atom. The normalized spacial score (nSPS) is 13.9. The largest absolute Gasteiger partial charge is 0.481 e. The number of thioether (sulfide) groups is 1. The van der Waals surface area contributed by atoms with Gasteiger partial charge in [-0.3, -0.25) is 14.4 Å².